The molecule has 2 aromatic rings. The number of carbonyl (C=O) groups excluding carboxylic acids is 2. The fourth-order valence-electron chi connectivity index (χ4n) is 4.18. The molecule has 1 saturated carbocycles. The van der Waals surface area contributed by atoms with E-state index in [4.69, 9.17) is 4.42 Å². The van der Waals surface area contributed by atoms with Crippen molar-refractivity contribution in [1.29, 1.82) is 0 Å². The van der Waals surface area contributed by atoms with Gasteiger partial charge >= 0.3 is 0 Å². The summed E-state index contributed by atoms with van der Waals surface area (Å²) < 4.78 is 6.64. The number of hydrogen-bond donors (Lipinski definition) is 1. The van der Waals surface area contributed by atoms with Crippen molar-refractivity contribution >= 4 is 38.7 Å². The zero-order valence-electron chi connectivity index (χ0n) is 13.6. The van der Waals surface area contributed by atoms with Crippen LogP contribution in [0, 0.1) is 12.8 Å². The van der Waals surface area contributed by atoms with Crippen LogP contribution in [0.1, 0.15) is 35.9 Å². The van der Waals surface area contributed by atoms with Crippen LogP contribution < -0.4 is 5.32 Å². The first kappa shape index (κ1) is 15.7. The lowest BCUT2D eigenvalue weighted by atomic mass is 10.0. The van der Waals surface area contributed by atoms with Gasteiger partial charge in [0.2, 0.25) is 5.91 Å². The lowest BCUT2D eigenvalue weighted by molar-refractivity contribution is -0.130. The Morgan fingerprint density at radius 3 is 2.83 bits per heavy atom. The third-order valence-corrected chi connectivity index (χ3v) is 5.89. The first-order valence-corrected chi connectivity index (χ1v) is 9.00. The molecule has 1 aromatic heterocycles. The van der Waals surface area contributed by atoms with Gasteiger partial charge in [0, 0.05) is 29.4 Å². The molecule has 0 unspecified atom stereocenters. The van der Waals surface area contributed by atoms with Gasteiger partial charge in [-0.2, -0.15) is 0 Å². The Kier molecular flexibility index (Phi) is 3.67. The first-order chi connectivity index (χ1) is 11.4. The van der Waals surface area contributed by atoms with Gasteiger partial charge in [0.05, 0.1) is 11.6 Å². The number of nitrogens with one attached hydrogen (secondary N) is 1. The number of rotatable bonds is 2. The van der Waals surface area contributed by atoms with Crippen molar-refractivity contribution in [3.8, 4) is 0 Å². The smallest absolute Gasteiger partial charge is 0.255 e. The Hall–Kier alpha value is -1.82. The Morgan fingerprint density at radius 2 is 2.12 bits per heavy atom. The Morgan fingerprint density at radius 1 is 1.33 bits per heavy atom. The molecule has 2 heterocycles. The largest absolute Gasteiger partial charge is 0.460 e. The van der Waals surface area contributed by atoms with E-state index in [0.717, 1.165) is 35.0 Å². The number of aryl methyl sites for hydroxylation is 1. The molecule has 2 amide bonds. The average Bonchev–Trinajstić information content (AvgIpc) is 3.20. The maximum Gasteiger partial charge on any atom is 0.255 e. The summed E-state index contributed by atoms with van der Waals surface area (Å²) in [7, 11) is 0. The number of halogens is 1. The second-order valence-electron chi connectivity index (χ2n) is 6.85. The lowest BCUT2D eigenvalue weighted by Crippen LogP contribution is -2.51. The van der Waals surface area contributed by atoms with Crippen LogP contribution in [0.25, 0.3) is 11.0 Å². The highest BCUT2D eigenvalue weighted by Crippen LogP contribution is 2.38. The lowest BCUT2D eigenvalue weighted by Gasteiger charge is -2.33. The number of likely N-dealkylation sites (tertiary alicyclic amines) is 1. The molecule has 2 aliphatic rings. The number of benzene rings is 1. The van der Waals surface area contributed by atoms with Gasteiger partial charge in [-0.25, -0.2) is 0 Å². The van der Waals surface area contributed by atoms with Gasteiger partial charge in [0.15, 0.2) is 0 Å². The van der Waals surface area contributed by atoms with Crippen LogP contribution in [-0.2, 0) is 4.79 Å². The second kappa shape index (κ2) is 5.62. The molecule has 1 aliphatic heterocycles. The molecular weight excluding hydrogens is 372 g/mol. The molecular formula is C18H19BrN2O3. The zero-order chi connectivity index (χ0) is 17.0. The fourth-order valence-corrected chi connectivity index (χ4v) is 4.61. The maximum atomic E-state index is 12.8. The average molecular weight is 391 g/mol. The van der Waals surface area contributed by atoms with E-state index in [1.54, 1.807) is 13.0 Å². The molecule has 6 heteroatoms. The van der Waals surface area contributed by atoms with Crippen LogP contribution in [0.5, 0.6) is 0 Å². The van der Waals surface area contributed by atoms with Gasteiger partial charge in [-0.15, -0.1) is 0 Å². The molecule has 1 saturated heterocycles. The van der Waals surface area contributed by atoms with Crippen LogP contribution in [-0.4, -0.2) is 35.3 Å². The summed E-state index contributed by atoms with van der Waals surface area (Å²) in [5.74, 6) is 1.23. The highest BCUT2D eigenvalue weighted by molar-refractivity contribution is 9.10. The van der Waals surface area contributed by atoms with E-state index >= 15 is 0 Å². The summed E-state index contributed by atoms with van der Waals surface area (Å²) in [6.45, 7) is 4.30. The number of piperidine rings is 1. The molecule has 1 aliphatic carbocycles. The minimum Gasteiger partial charge on any atom is -0.460 e. The summed E-state index contributed by atoms with van der Waals surface area (Å²) in [5.41, 5.74) is 1.14. The van der Waals surface area contributed by atoms with E-state index in [9.17, 15) is 9.59 Å². The van der Waals surface area contributed by atoms with Gasteiger partial charge in [-0.1, -0.05) is 15.9 Å². The summed E-state index contributed by atoms with van der Waals surface area (Å²) in [5, 5.41) is 4.03. The third-order valence-electron chi connectivity index (χ3n) is 5.20. The number of nitrogens with zero attached hydrogens (tertiary/aromatic N) is 1. The number of fused-ring (bicyclic) bond motifs is 3. The topological polar surface area (TPSA) is 62.6 Å². The molecule has 126 valence electrons. The Labute approximate surface area is 148 Å². The summed E-state index contributed by atoms with van der Waals surface area (Å²) >= 11 is 3.50. The van der Waals surface area contributed by atoms with Gasteiger partial charge in [0.1, 0.15) is 11.3 Å². The van der Waals surface area contributed by atoms with Gasteiger partial charge in [0.25, 0.3) is 5.91 Å². The highest BCUT2D eigenvalue weighted by Gasteiger charge is 2.46. The van der Waals surface area contributed by atoms with Crippen molar-refractivity contribution in [1.82, 2.24) is 10.2 Å². The summed E-state index contributed by atoms with van der Waals surface area (Å²) in [4.78, 5) is 26.4. The van der Waals surface area contributed by atoms with Crippen molar-refractivity contribution in [3.63, 3.8) is 0 Å². The zero-order valence-corrected chi connectivity index (χ0v) is 15.2. The van der Waals surface area contributed by atoms with E-state index in [-0.39, 0.29) is 23.9 Å². The predicted octanol–water partition coefficient (Wildman–Crippen LogP) is 3.24. The van der Waals surface area contributed by atoms with E-state index in [0.29, 0.717) is 17.1 Å². The minimum atomic E-state index is -0.136. The van der Waals surface area contributed by atoms with Gasteiger partial charge < -0.3 is 14.6 Å². The molecule has 5 nitrogen and oxygen atoms in total. The highest BCUT2D eigenvalue weighted by atomic mass is 79.9. The molecule has 2 bridgehead atoms. The number of furan rings is 1. The standard InChI is InChI=1S/C18H19BrN2O3/c1-9-5-13-14(19)4-3-12(17(13)24-9)18(23)20-15-6-11-7-16(15)21(8-11)10(2)22/h3-5,11,15-16H,6-8H2,1-2H3,(H,20,23)/t11-,15-,16-/m1/s1. The van der Waals surface area contributed by atoms with Crippen molar-refractivity contribution in [2.24, 2.45) is 5.92 Å². The van der Waals surface area contributed by atoms with Crippen molar-refractivity contribution < 1.29 is 14.0 Å². The normalized spacial score (nSPS) is 25.5. The van der Waals surface area contributed by atoms with Crippen LogP contribution in [0.4, 0.5) is 0 Å². The van der Waals surface area contributed by atoms with Crippen molar-refractivity contribution in [2.75, 3.05) is 6.54 Å². The van der Waals surface area contributed by atoms with Crippen LogP contribution in [0.3, 0.4) is 0 Å². The summed E-state index contributed by atoms with van der Waals surface area (Å²) in [6.07, 6.45) is 1.93. The van der Waals surface area contributed by atoms with E-state index in [1.165, 1.54) is 0 Å². The quantitative estimate of drug-likeness (QED) is 0.855. The predicted molar refractivity (Wildman–Crippen MR) is 93.8 cm³/mol. The fraction of sp³-hybridized carbons (Fsp3) is 0.444. The van der Waals surface area contributed by atoms with Crippen molar-refractivity contribution in [3.05, 3.63) is 34.0 Å². The molecule has 1 aromatic carbocycles. The van der Waals surface area contributed by atoms with E-state index in [1.807, 2.05) is 24.0 Å². The van der Waals surface area contributed by atoms with Crippen molar-refractivity contribution in [2.45, 2.75) is 38.8 Å². The molecule has 24 heavy (non-hydrogen) atoms. The molecule has 1 N–H and O–H groups in total. The molecule has 4 rings (SSSR count). The second-order valence-corrected chi connectivity index (χ2v) is 7.71. The molecule has 2 fully saturated rings. The Bertz CT molecular complexity index is 844. The number of amides is 2. The minimum absolute atomic E-state index is 0.0231. The Balaban J connectivity index is 1.59. The van der Waals surface area contributed by atoms with Crippen LogP contribution >= 0.6 is 15.9 Å². The van der Waals surface area contributed by atoms with Gasteiger partial charge in [-0.05, 0) is 43.9 Å². The van der Waals surface area contributed by atoms with E-state index in [2.05, 4.69) is 21.2 Å². The molecule has 3 atom stereocenters. The summed E-state index contributed by atoms with van der Waals surface area (Å²) in [6, 6.07) is 5.72. The number of carbonyl (C=O) groups is 2. The first-order valence-electron chi connectivity index (χ1n) is 8.20. The van der Waals surface area contributed by atoms with Crippen LogP contribution in [0.2, 0.25) is 0 Å². The van der Waals surface area contributed by atoms with E-state index < -0.39 is 0 Å². The molecule has 0 radical (unpaired) electrons. The monoisotopic (exact) mass is 390 g/mol. The number of hydrogen-bond acceptors (Lipinski definition) is 3. The maximum absolute atomic E-state index is 12.8. The molecule has 0 spiro atoms. The third kappa shape index (κ3) is 2.44. The SMILES string of the molecule is CC(=O)N1C[C@H]2C[C@@H]1[C@H](NC(=O)c1ccc(Br)c3cc(C)oc13)C2. The van der Waals surface area contributed by atoms with Gasteiger partial charge in [-0.3, -0.25) is 9.59 Å². The van der Waals surface area contributed by atoms with Crippen LogP contribution in [0.15, 0.2) is 27.1 Å².